The van der Waals surface area contributed by atoms with Gasteiger partial charge >= 0.3 is 24.4 Å². The quantitative estimate of drug-likeness (QED) is 0.205. The van der Waals surface area contributed by atoms with Crippen molar-refractivity contribution in [3.8, 4) is 0 Å². The first-order chi connectivity index (χ1) is 20.8. The second kappa shape index (κ2) is 15.8. The third-order valence-electron chi connectivity index (χ3n) is 7.30. The molecule has 2 unspecified atom stereocenters. The Hall–Kier alpha value is -4.48. The highest BCUT2D eigenvalue weighted by Gasteiger charge is 2.42. The minimum absolute atomic E-state index is 0.0715. The Morgan fingerprint density at radius 2 is 1.30 bits per heavy atom. The average Bonchev–Trinajstić information content (AvgIpc) is 2.97. The van der Waals surface area contributed by atoms with E-state index in [-0.39, 0.29) is 36.6 Å². The molecule has 2 aromatic carbocycles. The number of carbonyl (C=O) groups is 4. The number of alkyl carbamates (subject to hydrolysis) is 1. The second-order valence-electron chi connectivity index (χ2n) is 12.4. The highest BCUT2D eigenvalue weighted by Crippen LogP contribution is 2.45. The summed E-state index contributed by atoms with van der Waals surface area (Å²) in [7, 11) is 3.18. The molecule has 1 aliphatic carbocycles. The number of hydrogen-bond acceptors (Lipinski definition) is 8. The molecule has 2 aromatic rings. The molecule has 0 aliphatic heterocycles. The number of benzene rings is 2. The van der Waals surface area contributed by atoms with E-state index in [9.17, 15) is 19.2 Å². The van der Waals surface area contributed by atoms with Gasteiger partial charge in [-0.05, 0) is 41.2 Å². The molecule has 0 spiro atoms. The monoisotopic (exact) mass is 612 g/mol. The van der Waals surface area contributed by atoms with Crippen molar-refractivity contribution in [1.29, 1.82) is 0 Å². The molecule has 1 aliphatic rings. The van der Waals surface area contributed by atoms with Gasteiger partial charge in [0.1, 0.15) is 13.2 Å². The van der Waals surface area contributed by atoms with Crippen molar-refractivity contribution in [1.82, 2.24) is 20.4 Å². The number of hydrogen-bond donors (Lipinski definition) is 2. The summed E-state index contributed by atoms with van der Waals surface area (Å²) in [6.45, 7) is 6.99. The van der Waals surface area contributed by atoms with Crippen LogP contribution in [0.25, 0.3) is 0 Å². The molecule has 0 bridgehead atoms. The number of carbonyl (C=O) groups excluding carboxylic acids is 4. The van der Waals surface area contributed by atoms with Crippen molar-refractivity contribution >= 4 is 24.4 Å². The van der Waals surface area contributed by atoms with Gasteiger partial charge in [-0.1, -0.05) is 81.4 Å². The van der Waals surface area contributed by atoms with Crippen molar-refractivity contribution in [3.05, 3.63) is 71.8 Å². The molecule has 44 heavy (non-hydrogen) atoms. The highest BCUT2D eigenvalue weighted by molar-refractivity contribution is 5.71. The maximum absolute atomic E-state index is 12.5. The highest BCUT2D eigenvalue weighted by atomic mass is 17.2. The molecular formula is C32H44N4O8. The van der Waals surface area contributed by atoms with E-state index in [1.165, 1.54) is 16.8 Å². The first kappa shape index (κ1) is 34.0. The van der Waals surface area contributed by atoms with Gasteiger partial charge in [0.15, 0.2) is 0 Å². The second-order valence-corrected chi connectivity index (χ2v) is 12.4. The average molecular weight is 613 g/mol. The first-order valence-electron chi connectivity index (χ1n) is 14.6. The molecular weight excluding hydrogens is 568 g/mol. The van der Waals surface area contributed by atoms with E-state index in [4.69, 9.17) is 14.4 Å². The molecule has 240 valence electrons. The SMILES string of the molecule is CN(Cc1ccccc1)C(=O)OCCOC(=O)NC1CC(C)(C)CC(C)(CNC(=O)OOC(=O)N(C)Cc2ccccc2)C1. The molecule has 0 saturated heterocycles. The first-order valence-corrected chi connectivity index (χ1v) is 14.6. The van der Waals surface area contributed by atoms with Crippen LogP contribution in [0.5, 0.6) is 0 Å². The van der Waals surface area contributed by atoms with Gasteiger partial charge in [-0.25, -0.2) is 29.0 Å². The topological polar surface area (TPSA) is 136 Å². The third-order valence-corrected chi connectivity index (χ3v) is 7.30. The van der Waals surface area contributed by atoms with Gasteiger partial charge in [-0.3, -0.25) is 0 Å². The molecule has 4 amide bonds. The molecule has 2 atom stereocenters. The van der Waals surface area contributed by atoms with E-state index >= 15 is 0 Å². The van der Waals surface area contributed by atoms with Crippen LogP contribution in [0.4, 0.5) is 19.2 Å². The van der Waals surface area contributed by atoms with Crippen molar-refractivity contribution in [3.63, 3.8) is 0 Å². The van der Waals surface area contributed by atoms with Crippen LogP contribution in [0, 0.1) is 10.8 Å². The van der Waals surface area contributed by atoms with Crippen molar-refractivity contribution < 1.29 is 38.4 Å². The maximum atomic E-state index is 12.5. The predicted octanol–water partition coefficient (Wildman–Crippen LogP) is 5.48. The molecule has 0 aromatic heterocycles. The van der Waals surface area contributed by atoms with Crippen LogP contribution in [0.1, 0.15) is 51.2 Å². The third kappa shape index (κ3) is 11.7. The molecule has 1 saturated carbocycles. The Kier molecular flexibility index (Phi) is 12.2. The number of nitrogens with one attached hydrogen (secondary N) is 2. The Balaban J connectivity index is 1.37. The summed E-state index contributed by atoms with van der Waals surface area (Å²) in [4.78, 5) is 61.3. The van der Waals surface area contributed by atoms with Crippen molar-refractivity contribution in [2.45, 2.75) is 59.2 Å². The summed E-state index contributed by atoms with van der Waals surface area (Å²) in [5, 5.41) is 5.57. The minimum Gasteiger partial charge on any atom is -0.446 e. The number of amides is 4. The molecule has 1 fully saturated rings. The predicted molar refractivity (Wildman–Crippen MR) is 162 cm³/mol. The van der Waals surface area contributed by atoms with E-state index in [1.807, 2.05) is 67.6 Å². The fraction of sp³-hybridized carbons (Fsp3) is 0.500. The lowest BCUT2D eigenvalue weighted by Crippen LogP contribution is -2.50. The summed E-state index contributed by atoms with van der Waals surface area (Å²) < 4.78 is 10.5. The maximum Gasteiger partial charge on any atom is 0.453 e. The molecule has 0 radical (unpaired) electrons. The van der Waals surface area contributed by atoms with Crippen LogP contribution in [0.15, 0.2) is 60.7 Å². The molecule has 0 heterocycles. The zero-order valence-corrected chi connectivity index (χ0v) is 26.2. The van der Waals surface area contributed by atoms with Gasteiger partial charge in [0.2, 0.25) is 0 Å². The standard InChI is InChI=1S/C32H44N4O8/c1-31(2)18-26(34-28(38)41-16-17-42-29(39)35(4)20-24-12-8-6-9-13-24)19-32(3,22-31)23-33-27(37)43-44-30(40)36(5)21-25-14-10-7-11-15-25/h6-15,26H,16-23H2,1-5H3,(H,33,37)(H,34,38). The van der Waals surface area contributed by atoms with Gasteiger partial charge in [0.05, 0.1) is 0 Å². The van der Waals surface area contributed by atoms with Crippen LogP contribution in [0.2, 0.25) is 0 Å². The summed E-state index contributed by atoms with van der Waals surface area (Å²) >= 11 is 0. The van der Waals surface area contributed by atoms with Crippen LogP contribution in [0.3, 0.4) is 0 Å². The Morgan fingerprint density at radius 3 is 1.89 bits per heavy atom. The Morgan fingerprint density at radius 1 is 0.750 bits per heavy atom. The summed E-state index contributed by atoms with van der Waals surface area (Å²) in [6.07, 6.45) is -0.739. The summed E-state index contributed by atoms with van der Waals surface area (Å²) in [6, 6.07) is 18.7. The molecule has 12 nitrogen and oxygen atoms in total. The lowest BCUT2D eigenvalue weighted by atomic mass is 9.62. The van der Waals surface area contributed by atoms with Crippen LogP contribution in [-0.2, 0) is 32.3 Å². The van der Waals surface area contributed by atoms with E-state index in [1.54, 1.807) is 7.05 Å². The number of rotatable bonds is 10. The van der Waals surface area contributed by atoms with E-state index in [0.29, 0.717) is 25.9 Å². The number of ether oxygens (including phenoxy) is 2. The Labute approximate surface area is 258 Å². The molecule has 3 rings (SSSR count). The lowest BCUT2D eigenvalue weighted by Gasteiger charge is -2.46. The fourth-order valence-corrected chi connectivity index (χ4v) is 5.75. The van der Waals surface area contributed by atoms with Crippen molar-refractivity contribution in [2.24, 2.45) is 10.8 Å². The van der Waals surface area contributed by atoms with Gasteiger partial charge in [-0.2, -0.15) is 0 Å². The van der Waals surface area contributed by atoms with Crippen molar-refractivity contribution in [2.75, 3.05) is 33.9 Å². The normalized spacial score (nSPS) is 18.7. The number of nitrogens with zero attached hydrogens (tertiary/aromatic N) is 2. The van der Waals surface area contributed by atoms with E-state index in [2.05, 4.69) is 29.4 Å². The largest absolute Gasteiger partial charge is 0.453 e. The summed E-state index contributed by atoms with van der Waals surface area (Å²) in [5.41, 5.74) is 1.36. The minimum atomic E-state index is -0.885. The Bertz CT molecular complexity index is 1240. The zero-order valence-electron chi connectivity index (χ0n) is 26.2. The van der Waals surface area contributed by atoms with Crippen LogP contribution in [-0.4, -0.2) is 74.1 Å². The van der Waals surface area contributed by atoms with Gasteiger partial charge in [0, 0.05) is 39.8 Å². The van der Waals surface area contributed by atoms with E-state index in [0.717, 1.165) is 17.5 Å². The van der Waals surface area contributed by atoms with Crippen LogP contribution < -0.4 is 10.6 Å². The van der Waals surface area contributed by atoms with Gasteiger partial charge < -0.3 is 29.9 Å². The summed E-state index contributed by atoms with van der Waals surface area (Å²) in [5.74, 6) is 0. The smallest absolute Gasteiger partial charge is 0.446 e. The van der Waals surface area contributed by atoms with Crippen LogP contribution >= 0.6 is 0 Å². The molecule has 2 N–H and O–H groups in total. The molecule has 12 heteroatoms. The van der Waals surface area contributed by atoms with Gasteiger partial charge in [0.25, 0.3) is 0 Å². The van der Waals surface area contributed by atoms with Gasteiger partial charge in [-0.15, -0.1) is 0 Å². The zero-order chi connectivity index (χ0) is 32.2. The lowest BCUT2D eigenvalue weighted by molar-refractivity contribution is -0.187. The van der Waals surface area contributed by atoms with E-state index < -0.39 is 24.4 Å². The fourth-order valence-electron chi connectivity index (χ4n) is 5.75.